The van der Waals surface area contributed by atoms with Crippen molar-refractivity contribution in [3.05, 3.63) is 53.2 Å². The molecule has 0 unspecified atom stereocenters. The third-order valence-corrected chi connectivity index (χ3v) is 5.49. The van der Waals surface area contributed by atoms with Crippen molar-refractivity contribution in [1.82, 2.24) is 10.3 Å². The molecule has 4 N–H and O–H groups in total. The summed E-state index contributed by atoms with van der Waals surface area (Å²) < 4.78 is 22.0. The number of aromatic nitrogens is 1. The largest absolute Gasteiger partial charge is 0.493 e. The molecule has 1 amide bonds. The van der Waals surface area contributed by atoms with Crippen molar-refractivity contribution in [2.75, 3.05) is 39.3 Å². The van der Waals surface area contributed by atoms with Crippen LogP contribution in [0.2, 0.25) is 0 Å². The van der Waals surface area contributed by atoms with Gasteiger partial charge in [0.15, 0.2) is 11.5 Å². The van der Waals surface area contributed by atoms with Gasteiger partial charge in [0, 0.05) is 5.56 Å². The number of aryl methyl sites for hydroxylation is 1. The molecule has 10 nitrogen and oxygen atoms in total. The fraction of sp³-hybridized carbons (Fsp3) is 0.370. The van der Waals surface area contributed by atoms with Gasteiger partial charge in [-0.25, -0.2) is 4.79 Å². The molecule has 1 heterocycles. The summed E-state index contributed by atoms with van der Waals surface area (Å²) in [5, 5.41) is 12.5. The van der Waals surface area contributed by atoms with Crippen molar-refractivity contribution >= 4 is 28.5 Å². The van der Waals surface area contributed by atoms with Crippen molar-refractivity contribution in [3.8, 4) is 17.2 Å². The molecule has 0 atom stereocenters. The molecule has 0 aliphatic heterocycles. The fourth-order valence-electron chi connectivity index (χ4n) is 3.78. The van der Waals surface area contributed by atoms with Crippen LogP contribution in [-0.4, -0.2) is 61.0 Å². The van der Waals surface area contributed by atoms with Crippen LogP contribution in [0.4, 0.5) is 5.69 Å². The van der Waals surface area contributed by atoms with Gasteiger partial charge < -0.3 is 35.1 Å². The van der Waals surface area contributed by atoms with Crippen molar-refractivity contribution in [3.63, 3.8) is 0 Å². The first-order valence-electron chi connectivity index (χ1n) is 11.8. The van der Waals surface area contributed by atoms with Crippen LogP contribution in [0, 0.1) is 6.92 Å². The van der Waals surface area contributed by atoms with Gasteiger partial charge in [-0.2, -0.15) is 0 Å². The van der Waals surface area contributed by atoms with Crippen LogP contribution in [0.3, 0.4) is 0 Å². The van der Waals surface area contributed by atoms with Crippen LogP contribution in [-0.2, 0) is 4.74 Å². The molecule has 0 bridgehead atoms. The molecule has 0 spiro atoms. The second-order valence-corrected chi connectivity index (χ2v) is 8.92. The summed E-state index contributed by atoms with van der Waals surface area (Å²) in [6.45, 7) is 7.28. The number of esters is 1. The first kappa shape index (κ1) is 27.5. The van der Waals surface area contributed by atoms with E-state index in [1.807, 2.05) is 13.8 Å². The van der Waals surface area contributed by atoms with Gasteiger partial charge in [-0.15, -0.1) is 0 Å². The van der Waals surface area contributed by atoms with Gasteiger partial charge in [0.2, 0.25) is 0 Å². The third kappa shape index (κ3) is 6.39. The Labute approximate surface area is 215 Å². The number of nitrogens with two attached hydrogens (primary N) is 1. The number of aliphatic hydroxyl groups excluding tert-OH is 1. The van der Waals surface area contributed by atoms with E-state index in [1.54, 1.807) is 50.2 Å². The number of carbonyl (C=O) groups is 2. The van der Waals surface area contributed by atoms with Gasteiger partial charge >= 0.3 is 5.97 Å². The first-order valence-corrected chi connectivity index (χ1v) is 11.8. The lowest BCUT2D eigenvalue weighted by molar-refractivity contribution is 0.0526. The Bertz CT molecular complexity index is 1290. The van der Waals surface area contributed by atoms with E-state index in [-0.39, 0.29) is 43.6 Å². The lowest BCUT2D eigenvalue weighted by atomic mass is 10.0. The molecule has 3 aromatic rings. The Morgan fingerprint density at radius 2 is 1.86 bits per heavy atom. The summed E-state index contributed by atoms with van der Waals surface area (Å²) >= 11 is 0. The SMILES string of the molecule is CCOC(=O)c1c(C)nc2cccc(OCC(C)(C)NC(=O)c3ccc(OC)c(OCCO)c3)c2c1N. The molecule has 0 fully saturated rings. The molecule has 1 aromatic heterocycles. The molecule has 0 radical (unpaired) electrons. The number of amides is 1. The summed E-state index contributed by atoms with van der Waals surface area (Å²) in [6.07, 6.45) is 0. The predicted octanol–water partition coefficient (Wildman–Crippen LogP) is 3.27. The maximum atomic E-state index is 13.0. The Morgan fingerprint density at radius 3 is 2.54 bits per heavy atom. The molecule has 198 valence electrons. The second kappa shape index (κ2) is 11.8. The zero-order valence-electron chi connectivity index (χ0n) is 21.7. The van der Waals surface area contributed by atoms with E-state index in [0.29, 0.717) is 39.4 Å². The van der Waals surface area contributed by atoms with Gasteiger partial charge in [0.25, 0.3) is 5.91 Å². The van der Waals surface area contributed by atoms with Crippen LogP contribution in [0.25, 0.3) is 10.9 Å². The standard InChI is InChI=1S/C27H33N3O7/c1-6-35-26(33)22-16(2)29-18-8-7-9-20(23(18)24(22)28)37-15-27(3,4)30-25(32)17-10-11-19(34-5)21(14-17)36-13-12-31/h7-11,14,31H,6,12-13,15H2,1-5H3,(H2,28,29)(H,30,32). The van der Waals surface area contributed by atoms with Gasteiger partial charge in [0.1, 0.15) is 24.5 Å². The number of benzene rings is 2. The van der Waals surface area contributed by atoms with Crippen molar-refractivity contribution < 1.29 is 33.6 Å². The number of nitrogen functional groups attached to an aromatic ring is 1. The summed E-state index contributed by atoms with van der Waals surface area (Å²) in [7, 11) is 1.49. The Morgan fingerprint density at radius 1 is 1.11 bits per heavy atom. The summed E-state index contributed by atoms with van der Waals surface area (Å²) in [6, 6.07) is 10.1. The highest BCUT2D eigenvalue weighted by Crippen LogP contribution is 2.34. The number of fused-ring (bicyclic) bond motifs is 1. The number of rotatable bonds is 11. The number of methoxy groups -OCH3 is 1. The van der Waals surface area contributed by atoms with E-state index in [4.69, 9.17) is 29.8 Å². The molecule has 0 aliphatic carbocycles. The lowest BCUT2D eigenvalue weighted by Crippen LogP contribution is -2.47. The van der Waals surface area contributed by atoms with E-state index in [9.17, 15) is 9.59 Å². The number of hydrogen-bond acceptors (Lipinski definition) is 9. The number of aliphatic hydroxyl groups is 1. The Hall–Kier alpha value is -4.05. The quantitative estimate of drug-likeness (QED) is 0.331. The molecular formula is C27H33N3O7. The van der Waals surface area contributed by atoms with Crippen LogP contribution in [0.1, 0.15) is 47.2 Å². The number of hydrogen-bond donors (Lipinski definition) is 3. The average molecular weight is 512 g/mol. The number of ether oxygens (including phenoxy) is 4. The summed E-state index contributed by atoms with van der Waals surface area (Å²) in [5.41, 5.74) is 7.44. The smallest absolute Gasteiger partial charge is 0.342 e. The minimum atomic E-state index is -0.790. The Balaban J connectivity index is 1.81. The number of carbonyl (C=O) groups excluding carboxylic acids is 2. The maximum absolute atomic E-state index is 13.0. The topological polar surface area (TPSA) is 142 Å². The van der Waals surface area contributed by atoms with E-state index >= 15 is 0 Å². The minimum absolute atomic E-state index is 0.0706. The molecule has 10 heteroatoms. The average Bonchev–Trinajstić information content (AvgIpc) is 2.85. The molecule has 37 heavy (non-hydrogen) atoms. The Kier molecular flexibility index (Phi) is 8.77. The van der Waals surface area contributed by atoms with Gasteiger partial charge in [-0.3, -0.25) is 9.78 Å². The van der Waals surface area contributed by atoms with Crippen LogP contribution >= 0.6 is 0 Å². The molecule has 3 rings (SSSR count). The number of anilines is 1. The van der Waals surface area contributed by atoms with E-state index in [2.05, 4.69) is 10.3 Å². The highest BCUT2D eigenvalue weighted by Gasteiger charge is 2.25. The van der Waals surface area contributed by atoms with Gasteiger partial charge in [-0.1, -0.05) is 6.07 Å². The molecular weight excluding hydrogens is 478 g/mol. The summed E-state index contributed by atoms with van der Waals surface area (Å²) in [4.78, 5) is 30.0. The van der Waals surface area contributed by atoms with Crippen molar-refractivity contribution in [1.29, 1.82) is 0 Å². The normalized spacial score (nSPS) is 11.2. The third-order valence-electron chi connectivity index (χ3n) is 5.49. The highest BCUT2D eigenvalue weighted by atomic mass is 16.5. The zero-order valence-corrected chi connectivity index (χ0v) is 21.7. The molecule has 0 saturated heterocycles. The number of pyridine rings is 1. The van der Waals surface area contributed by atoms with E-state index < -0.39 is 11.5 Å². The summed E-state index contributed by atoms with van der Waals surface area (Å²) in [5.74, 6) is 0.344. The molecule has 0 saturated carbocycles. The van der Waals surface area contributed by atoms with Gasteiger partial charge in [-0.05, 0) is 58.0 Å². The first-order chi connectivity index (χ1) is 17.6. The number of nitrogens with one attached hydrogen (secondary N) is 1. The van der Waals surface area contributed by atoms with Crippen molar-refractivity contribution in [2.45, 2.75) is 33.2 Å². The van der Waals surface area contributed by atoms with E-state index in [1.165, 1.54) is 7.11 Å². The van der Waals surface area contributed by atoms with Gasteiger partial charge in [0.05, 0.1) is 48.1 Å². The van der Waals surface area contributed by atoms with Crippen LogP contribution in [0.15, 0.2) is 36.4 Å². The van der Waals surface area contributed by atoms with Crippen LogP contribution < -0.4 is 25.3 Å². The fourth-order valence-corrected chi connectivity index (χ4v) is 3.78. The monoisotopic (exact) mass is 511 g/mol. The number of nitrogens with zero attached hydrogens (tertiary/aromatic N) is 1. The van der Waals surface area contributed by atoms with E-state index in [0.717, 1.165) is 0 Å². The second-order valence-electron chi connectivity index (χ2n) is 8.92. The van der Waals surface area contributed by atoms with Crippen molar-refractivity contribution in [2.24, 2.45) is 0 Å². The minimum Gasteiger partial charge on any atom is -0.493 e. The molecule has 0 aliphatic rings. The maximum Gasteiger partial charge on any atom is 0.342 e. The zero-order chi connectivity index (χ0) is 27.2. The molecule has 2 aromatic carbocycles. The predicted molar refractivity (Wildman–Crippen MR) is 139 cm³/mol. The van der Waals surface area contributed by atoms with Crippen LogP contribution in [0.5, 0.6) is 17.2 Å². The lowest BCUT2D eigenvalue weighted by Gasteiger charge is -2.27. The highest BCUT2D eigenvalue weighted by molar-refractivity contribution is 6.07.